The van der Waals surface area contributed by atoms with Crippen LogP contribution in [-0.4, -0.2) is 29.0 Å². The van der Waals surface area contributed by atoms with E-state index in [9.17, 15) is 4.79 Å². The molecule has 4 aromatic rings. The summed E-state index contributed by atoms with van der Waals surface area (Å²) in [6.45, 7) is 0.797. The van der Waals surface area contributed by atoms with E-state index in [0.717, 1.165) is 16.7 Å². The topological polar surface area (TPSA) is 86.5 Å². The van der Waals surface area contributed by atoms with E-state index in [0.29, 0.717) is 40.8 Å². The molecule has 0 radical (unpaired) electrons. The standard InChI is InChI=1S/C25H22ClN3O4S/c1-31-22-12-18(10-11-21(22)32-15-17-6-3-2-4-7-17)14-27-23(30)16-34-25-29-28-24(33-25)19-8-5-9-20(26)13-19/h2-13H,14-16H2,1H3,(H,27,30). The maximum atomic E-state index is 12.3. The Hall–Kier alpha value is -3.49. The lowest BCUT2D eigenvalue weighted by Crippen LogP contribution is -2.24. The van der Waals surface area contributed by atoms with Crippen molar-refractivity contribution < 1.29 is 18.7 Å². The maximum Gasteiger partial charge on any atom is 0.277 e. The molecule has 0 bridgehead atoms. The summed E-state index contributed by atoms with van der Waals surface area (Å²) in [5.41, 5.74) is 2.68. The number of nitrogens with one attached hydrogen (secondary N) is 1. The third-order valence-electron chi connectivity index (χ3n) is 4.76. The SMILES string of the molecule is COc1cc(CNC(=O)CSc2nnc(-c3cccc(Cl)c3)o2)ccc1OCc1ccccc1. The van der Waals surface area contributed by atoms with Gasteiger partial charge in [-0.25, -0.2) is 0 Å². The van der Waals surface area contributed by atoms with E-state index >= 15 is 0 Å². The molecule has 1 aromatic heterocycles. The van der Waals surface area contributed by atoms with E-state index in [1.165, 1.54) is 11.8 Å². The van der Waals surface area contributed by atoms with Crippen molar-refractivity contribution in [1.82, 2.24) is 15.5 Å². The van der Waals surface area contributed by atoms with Gasteiger partial charge in [-0.1, -0.05) is 65.8 Å². The number of hydrogen-bond donors (Lipinski definition) is 1. The van der Waals surface area contributed by atoms with Gasteiger partial charge in [-0.15, -0.1) is 10.2 Å². The number of methoxy groups -OCH3 is 1. The normalized spacial score (nSPS) is 10.6. The Balaban J connectivity index is 1.26. The van der Waals surface area contributed by atoms with E-state index in [4.69, 9.17) is 25.5 Å². The van der Waals surface area contributed by atoms with Crippen LogP contribution in [0.4, 0.5) is 0 Å². The van der Waals surface area contributed by atoms with Crippen molar-refractivity contribution in [2.45, 2.75) is 18.4 Å². The molecule has 1 amide bonds. The van der Waals surface area contributed by atoms with Crippen LogP contribution in [0, 0.1) is 0 Å². The first kappa shape index (κ1) is 23.7. The molecule has 1 N–H and O–H groups in total. The summed E-state index contributed by atoms with van der Waals surface area (Å²) in [6, 6.07) is 22.6. The summed E-state index contributed by atoms with van der Waals surface area (Å²) in [6.07, 6.45) is 0. The third kappa shape index (κ3) is 6.52. The lowest BCUT2D eigenvalue weighted by Gasteiger charge is -2.13. The number of nitrogens with zero attached hydrogens (tertiary/aromatic N) is 2. The molecule has 1 heterocycles. The molecule has 174 valence electrons. The van der Waals surface area contributed by atoms with Crippen molar-refractivity contribution in [2.75, 3.05) is 12.9 Å². The molecule has 0 spiro atoms. The van der Waals surface area contributed by atoms with E-state index in [1.807, 2.05) is 54.6 Å². The fraction of sp³-hybridized carbons (Fsp3) is 0.160. The number of hydrogen-bond acceptors (Lipinski definition) is 7. The molecule has 9 heteroatoms. The number of aromatic nitrogens is 2. The second-order valence-corrected chi connectivity index (χ2v) is 8.57. The van der Waals surface area contributed by atoms with E-state index in [-0.39, 0.29) is 11.7 Å². The predicted octanol–water partition coefficient (Wildman–Crippen LogP) is 5.39. The highest BCUT2D eigenvalue weighted by Crippen LogP contribution is 2.29. The number of benzene rings is 3. The summed E-state index contributed by atoms with van der Waals surface area (Å²) in [5, 5.41) is 11.8. The van der Waals surface area contributed by atoms with E-state index < -0.39 is 0 Å². The largest absolute Gasteiger partial charge is 0.493 e. The number of rotatable bonds is 10. The highest BCUT2D eigenvalue weighted by atomic mass is 35.5. The highest BCUT2D eigenvalue weighted by Gasteiger charge is 2.12. The molecule has 0 saturated carbocycles. The van der Waals surface area contributed by atoms with Gasteiger partial charge < -0.3 is 19.2 Å². The zero-order chi connectivity index (χ0) is 23.8. The second-order valence-electron chi connectivity index (χ2n) is 7.21. The van der Waals surface area contributed by atoms with Crippen molar-refractivity contribution in [3.63, 3.8) is 0 Å². The first-order valence-corrected chi connectivity index (χ1v) is 11.8. The first-order valence-electron chi connectivity index (χ1n) is 10.4. The molecule has 0 aliphatic heterocycles. The Bertz CT molecular complexity index is 1250. The van der Waals surface area contributed by atoms with Gasteiger partial charge in [0.15, 0.2) is 11.5 Å². The zero-order valence-electron chi connectivity index (χ0n) is 18.4. The Morgan fingerprint density at radius 1 is 1.00 bits per heavy atom. The minimum Gasteiger partial charge on any atom is -0.493 e. The molecule has 0 unspecified atom stereocenters. The Kier molecular flexibility index (Phi) is 8.06. The van der Waals surface area contributed by atoms with Crippen molar-refractivity contribution in [1.29, 1.82) is 0 Å². The smallest absolute Gasteiger partial charge is 0.277 e. The number of carbonyl (C=O) groups is 1. The van der Waals surface area contributed by atoms with Crippen molar-refractivity contribution >= 4 is 29.3 Å². The summed E-state index contributed by atoms with van der Waals surface area (Å²) in [5.74, 6) is 1.59. The molecule has 3 aromatic carbocycles. The molecule has 34 heavy (non-hydrogen) atoms. The van der Waals surface area contributed by atoms with Gasteiger partial charge in [0.2, 0.25) is 11.8 Å². The van der Waals surface area contributed by atoms with Gasteiger partial charge >= 0.3 is 0 Å². The maximum absolute atomic E-state index is 12.3. The summed E-state index contributed by atoms with van der Waals surface area (Å²) < 4.78 is 16.9. The van der Waals surface area contributed by atoms with E-state index in [1.54, 1.807) is 25.3 Å². The fourth-order valence-corrected chi connectivity index (χ4v) is 3.85. The van der Waals surface area contributed by atoms with Crippen molar-refractivity contribution in [2.24, 2.45) is 0 Å². The summed E-state index contributed by atoms with van der Waals surface area (Å²) in [4.78, 5) is 12.3. The summed E-state index contributed by atoms with van der Waals surface area (Å²) in [7, 11) is 1.59. The van der Waals surface area contributed by atoms with E-state index in [2.05, 4.69) is 15.5 Å². The van der Waals surface area contributed by atoms with Gasteiger partial charge in [-0.05, 0) is 41.5 Å². The Morgan fingerprint density at radius 3 is 2.65 bits per heavy atom. The highest BCUT2D eigenvalue weighted by molar-refractivity contribution is 7.99. The lowest BCUT2D eigenvalue weighted by molar-refractivity contribution is -0.118. The van der Waals surface area contributed by atoms with Gasteiger partial charge in [0.1, 0.15) is 6.61 Å². The van der Waals surface area contributed by atoms with Crippen molar-refractivity contribution in [3.05, 3.63) is 88.9 Å². The quantitative estimate of drug-likeness (QED) is 0.295. The van der Waals surface area contributed by atoms with Gasteiger partial charge in [0.25, 0.3) is 5.22 Å². The molecule has 0 saturated heterocycles. The number of thioether (sulfide) groups is 1. The first-order chi connectivity index (χ1) is 16.6. The lowest BCUT2D eigenvalue weighted by atomic mass is 10.2. The number of halogens is 1. The molecule has 0 fully saturated rings. The van der Waals surface area contributed by atoms with Crippen LogP contribution < -0.4 is 14.8 Å². The van der Waals surface area contributed by atoms with Crippen LogP contribution in [-0.2, 0) is 17.9 Å². The molecule has 4 rings (SSSR count). The average molecular weight is 496 g/mol. The van der Waals surface area contributed by atoms with Gasteiger partial charge in [-0.2, -0.15) is 0 Å². The second kappa shape index (κ2) is 11.6. The molecular formula is C25H22ClN3O4S. The Morgan fingerprint density at radius 2 is 1.85 bits per heavy atom. The van der Waals surface area contributed by atoms with Gasteiger partial charge in [-0.3, -0.25) is 4.79 Å². The molecule has 0 atom stereocenters. The van der Waals surface area contributed by atoms with Crippen LogP contribution >= 0.6 is 23.4 Å². The Labute approximate surface area is 206 Å². The van der Waals surface area contributed by atoms with Gasteiger partial charge in [0, 0.05) is 17.1 Å². The molecular weight excluding hydrogens is 474 g/mol. The summed E-state index contributed by atoms with van der Waals surface area (Å²) >= 11 is 7.16. The fourth-order valence-electron chi connectivity index (χ4n) is 3.06. The number of amides is 1. The number of ether oxygens (including phenoxy) is 2. The van der Waals surface area contributed by atoms with Crippen LogP contribution in [0.15, 0.2) is 82.4 Å². The predicted molar refractivity (Wildman–Crippen MR) is 131 cm³/mol. The monoisotopic (exact) mass is 495 g/mol. The minimum absolute atomic E-state index is 0.145. The van der Waals surface area contributed by atoms with Crippen LogP contribution in [0.25, 0.3) is 11.5 Å². The zero-order valence-corrected chi connectivity index (χ0v) is 19.9. The molecule has 7 nitrogen and oxygen atoms in total. The van der Waals surface area contributed by atoms with Gasteiger partial charge in [0.05, 0.1) is 12.9 Å². The third-order valence-corrected chi connectivity index (χ3v) is 5.81. The van der Waals surface area contributed by atoms with Crippen LogP contribution in [0.3, 0.4) is 0 Å². The average Bonchev–Trinajstić information content (AvgIpc) is 3.35. The van der Waals surface area contributed by atoms with Crippen LogP contribution in [0.2, 0.25) is 5.02 Å². The number of carbonyl (C=O) groups excluding carboxylic acids is 1. The molecule has 0 aliphatic carbocycles. The minimum atomic E-state index is -0.157. The van der Waals surface area contributed by atoms with Crippen LogP contribution in [0.5, 0.6) is 11.5 Å². The van der Waals surface area contributed by atoms with Crippen LogP contribution in [0.1, 0.15) is 11.1 Å². The molecule has 0 aliphatic rings. The van der Waals surface area contributed by atoms with Crippen molar-refractivity contribution in [3.8, 4) is 23.0 Å².